The molecule has 0 bridgehead atoms. The van der Waals surface area contributed by atoms with Gasteiger partial charge in [0, 0.05) is 6.04 Å². The molecule has 4 heteroatoms. The van der Waals surface area contributed by atoms with E-state index in [0.29, 0.717) is 12.4 Å². The molecule has 1 aromatic carbocycles. The summed E-state index contributed by atoms with van der Waals surface area (Å²) in [6.45, 7) is 6.71. The molecule has 0 saturated heterocycles. The van der Waals surface area contributed by atoms with Crippen LogP contribution in [0.3, 0.4) is 0 Å². The fraction of sp³-hybridized carbons (Fsp3) is 0.600. The molecule has 0 heterocycles. The third kappa shape index (κ3) is 5.09. The van der Waals surface area contributed by atoms with Crippen molar-refractivity contribution in [3.63, 3.8) is 0 Å². The van der Waals surface area contributed by atoms with E-state index >= 15 is 0 Å². The summed E-state index contributed by atoms with van der Waals surface area (Å²) in [7, 11) is 0. The van der Waals surface area contributed by atoms with Gasteiger partial charge in [-0.15, -0.1) is 0 Å². The van der Waals surface area contributed by atoms with Crippen molar-refractivity contribution in [2.45, 2.75) is 39.3 Å². The summed E-state index contributed by atoms with van der Waals surface area (Å²) in [5.74, 6) is 1.77. The van der Waals surface area contributed by atoms with Crippen LogP contribution in [0.4, 0.5) is 0 Å². The highest BCUT2D eigenvalue weighted by molar-refractivity contribution is 5.31. The Hall–Kier alpha value is -1.26. The molecule has 0 aliphatic rings. The van der Waals surface area contributed by atoms with E-state index in [1.165, 1.54) is 0 Å². The minimum Gasteiger partial charge on any atom is -0.494 e. The van der Waals surface area contributed by atoms with Crippen molar-refractivity contribution in [2.75, 3.05) is 13.2 Å². The molecule has 108 valence electrons. The minimum atomic E-state index is -0.387. The Balaban J connectivity index is 2.60. The van der Waals surface area contributed by atoms with E-state index in [2.05, 4.69) is 6.92 Å². The Labute approximate surface area is 115 Å². The third-order valence-corrected chi connectivity index (χ3v) is 2.96. The molecule has 2 atom stereocenters. The van der Waals surface area contributed by atoms with E-state index in [9.17, 15) is 5.11 Å². The number of benzene rings is 1. The van der Waals surface area contributed by atoms with Gasteiger partial charge in [0.15, 0.2) is 0 Å². The van der Waals surface area contributed by atoms with Crippen molar-refractivity contribution in [2.24, 2.45) is 11.7 Å². The van der Waals surface area contributed by atoms with Gasteiger partial charge in [0.05, 0.1) is 13.2 Å². The number of hydrogen-bond donors (Lipinski definition) is 2. The van der Waals surface area contributed by atoms with E-state index < -0.39 is 0 Å². The standard InChI is InChI=1S/C15H25NO3/c1-4-9-18-12-5-7-13(8-6-12)19-14(10-17)15(16)11(2)3/h5-8,11,14-15,17H,4,9-10,16H2,1-3H3. The normalized spacial score (nSPS) is 14.2. The highest BCUT2D eigenvalue weighted by Gasteiger charge is 2.21. The van der Waals surface area contributed by atoms with E-state index in [4.69, 9.17) is 15.2 Å². The molecular formula is C15H25NO3. The van der Waals surface area contributed by atoms with Crippen LogP contribution in [0, 0.1) is 5.92 Å². The van der Waals surface area contributed by atoms with Crippen molar-refractivity contribution in [1.82, 2.24) is 0 Å². The van der Waals surface area contributed by atoms with Crippen LogP contribution in [0.15, 0.2) is 24.3 Å². The van der Waals surface area contributed by atoms with Gasteiger partial charge in [-0.05, 0) is 36.6 Å². The Bertz CT molecular complexity index is 351. The lowest BCUT2D eigenvalue weighted by Crippen LogP contribution is -2.45. The largest absolute Gasteiger partial charge is 0.494 e. The van der Waals surface area contributed by atoms with Gasteiger partial charge in [-0.2, -0.15) is 0 Å². The first-order valence-electron chi connectivity index (χ1n) is 6.84. The van der Waals surface area contributed by atoms with Crippen LogP contribution in [-0.2, 0) is 0 Å². The van der Waals surface area contributed by atoms with Gasteiger partial charge in [-0.1, -0.05) is 20.8 Å². The number of rotatable bonds is 8. The van der Waals surface area contributed by atoms with Gasteiger partial charge in [0.25, 0.3) is 0 Å². The lowest BCUT2D eigenvalue weighted by atomic mass is 10.00. The molecular weight excluding hydrogens is 242 g/mol. The predicted molar refractivity (Wildman–Crippen MR) is 76.5 cm³/mol. The fourth-order valence-electron chi connectivity index (χ4n) is 1.68. The van der Waals surface area contributed by atoms with E-state index in [-0.39, 0.29) is 24.7 Å². The quantitative estimate of drug-likeness (QED) is 0.758. The first-order valence-corrected chi connectivity index (χ1v) is 6.84. The lowest BCUT2D eigenvalue weighted by Gasteiger charge is -2.26. The van der Waals surface area contributed by atoms with Gasteiger partial charge < -0.3 is 20.3 Å². The number of nitrogens with two attached hydrogens (primary N) is 1. The summed E-state index contributed by atoms with van der Waals surface area (Å²) in [6, 6.07) is 7.20. The first-order chi connectivity index (χ1) is 9.08. The monoisotopic (exact) mass is 267 g/mol. The average Bonchev–Trinajstić information content (AvgIpc) is 2.43. The SMILES string of the molecule is CCCOc1ccc(OC(CO)C(N)C(C)C)cc1. The van der Waals surface area contributed by atoms with Crippen LogP contribution in [0.5, 0.6) is 11.5 Å². The molecule has 0 spiro atoms. The maximum absolute atomic E-state index is 9.35. The van der Waals surface area contributed by atoms with Crippen LogP contribution < -0.4 is 15.2 Å². The summed E-state index contributed by atoms with van der Waals surface area (Å²) >= 11 is 0. The van der Waals surface area contributed by atoms with Gasteiger partial charge in [-0.3, -0.25) is 0 Å². The van der Waals surface area contributed by atoms with Crippen LogP contribution in [-0.4, -0.2) is 30.5 Å². The Morgan fingerprint density at radius 1 is 1.16 bits per heavy atom. The molecule has 0 amide bonds. The van der Waals surface area contributed by atoms with Crippen LogP contribution in [0.2, 0.25) is 0 Å². The highest BCUT2D eigenvalue weighted by atomic mass is 16.5. The van der Waals surface area contributed by atoms with E-state index in [0.717, 1.165) is 12.2 Å². The molecule has 3 N–H and O–H groups in total. The van der Waals surface area contributed by atoms with E-state index in [1.54, 1.807) is 0 Å². The van der Waals surface area contributed by atoms with E-state index in [1.807, 2.05) is 38.1 Å². The highest BCUT2D eigenvalue weighted by Crippen LogP contribution is 2.20. The molecule has 19 heavy (non-hydrogen) atoms. The molecule has 1 rings (SSSR count). The zero-order valence-corrected chi connectivity index (χ0v) is 12.0. The van der Waals surface area contributed by atoms with Crippen molar-refractivity contribution in [3.8, 4) is 11.5 Å². The molecule has 0 aromatic heterocycles. The Morgan fingerprint density at radius 2 is 1.74 bits per heavy atom. The number of ether oxygens (including phenoxy) is 2. The summed E-state index contributed by atoms with van der Waals surface area (Å²) in [5, 5.41) is 9.35. The van der Waals surface area contributed by atoms with Crippen molar-refractivity contribution in [3.05, 3.63) is 24.3 Å². The van der Waals surface area contributed by atoms with Crippen molar-refractivity contribution in [1.29, 1.82) is 0 Å². The van der Waals surface area contributed by atoms with Gasteiger partial charge in [0.1, 0.15) is 17.6 Å². The zero-order valence-electron chi connectivity index (χ0n) is 12.0. The lowest BCUT2D eigenvalue weighted by molar-refractivity contribution is 0.0810. The van der Waals surface area contributed by atoms with Gasteiger partial charge >= 0.3 is 0 Å². The Morgan fingerprint density at radius 3 is 2.21 bits per heavy atom. The molecule has 0 saturated carbocycles. The third-order valence-electron chi connectivity index (χ3n) is 2.96. The second-order valence-corrected chi connectivity index (χ2v) is 4.98. The molecule has 0 aliphatic heterocycles. The van der Waals surface area contributed by atoms with Crippen LogP contribution in [0.25, 0.3) is 0 Å². The fourth-order valence-corrected chi connectivity index (χ4v) is 1.68. The minimum absolute atomic E-state index is 0.0898. The molecule has 1 aromatic rings. The van der Waals surface area contributed by atoms with Crippen molar-refractivity contribution >= 4 is 0 Å². The molecule has 4 nitrogen and oxygen atoms in total. The number of aliphatic hydroxyl groups excluding tert-OH is 1. The topological polar surface area (TPSA) is 64.7 Å². The summed E-state index contributed by atoms with van der Waals surface area (Å²) in [6.07, 6.45) is 0.594. The van der Waals surface area contributed by atoms with Gasteiger partial charge in [0.2, 0.25) is 0 Å². The maximum Gasteiger partial charge on any atom is 0.137 e. The number of hydrogen-bond acceptors (Lipinski definition) is 4. The summed E-state index contributed by atoms with van der Waals surface area (Å²) in [4.78, 5) is 0. The summed E-state index contributed by atoms with van der Waals surface area (Å²) < 4.78 is 11.2. The zero-order chi connectivity index (χ0) is 14.3. The first kappa shape index (κ1) is 15.8. The molecule has 0 aliphatic carbocycles. The maximum atomic E-state index is 9.35. The summed E-state index contributed by atoms with van der Waals surface area (Å²) in [5.41, 5.74) is 6.01. The average molecular weight is 267 g/mol. The Kier molecular flexibility index (Phi) is 6.67. The number of aliphatic hydroxyl groups is 1. The smallest absolute Gasteiger partial charge is 0.137 e. The molecule has 0 fully saturated rings. The van der Waals surface area contributed by atoms with Crippen LogP contribution >= 0.6 is 0 Å². The predicted octanol–water partition coefficient (Wildman–Crippen LogP) is 2.20. The van der Waals surface area contributed by atoms with Gasteiger partial charge in [-0.25, -0.2) is 0 Å². The molecule has 2 unspecified atom stereocenters. The second kappa shape index (κ2) is 8.02. The van der Waals surface area contributed by atoms with Crippen LogP contribution in [0.1, 0.15) is 27.2 Å². The second-order valence-electron chi connectivity index (χ2n) is 4.98. The molecule has 0 radical (unpaired) electrons. The van der Waals surface area contributed by atoms with Crippen molar-refractivity contribution < 1.29 is 14.6 Å².